The largest absolute Gasteiger partial charge is 0.356 e. The molecule has 8 heteroatoms. The fourth-order valence-electron chi connectivity index (χ4n) is 3.45. The number of aromatic amines is 1. The van der Waals surface area contributed by atoms with Crippen molar-refractivity contribution in [1.82, 2.24) is 20.1 Å². The summed E-state index contributed by atoms with van der Waals surface area (Å²) in [4.78, 5) is 54.0. The quantitative estimate of drug-likeness (QED) is 0.746. The minimum absolute atomic E-state index is 0.0228. The summed E-state index contributed by atoms with van der Waals surface area (Å²) in [7, 11) is 0. The molecule has 1 aliphatic heterocycles. The van der Waals surface area contributed by atoms with Crippen molar-refractivity contribution < 1.29 is 14.4 Å². The molecule has 29 heavy (non-hydrogen) atoms. The number of nitrogens with one attached hydrogen (secondary N) is 2. The molecule has 0 radical (unpaired) electrons. The van der Waals surface area contributed by atoms with Gasteiger partial charge in [0.05, 0.1) is 0 Å². The number of piperazine rings is 1. The first-order valence-corrected chi connectivity index (χ1v) is 9.85. The number of para-hydroxylation sites is 1. The number of nitrogens with zero attached hydrogens (tertiary/aromatic N) is 2. The van der Waals surface area contributed by atoms with Crippen molar-refractivity contribution in [2.45, 2.75) is 26.2 Å². The predicted octanol–water partition coefficient (Wildman–Crippen LogP) is 0.658. The number of hydrogen-bond donors (Lipinski definition) is 2. The van der Waals surface area contributed by atoms with Crippen LogP contribution in [0.15, 0.2) is 35.1 Å². The first-order valence-electron chi connectivity index (χ1n) is 9.85. The van der Waals surface area contributed by atoms with Crippen molar-refractivity contribution in [3.8, 4) is 0 Å². The molecule has 0 bridgehead atoms. The third-order valence-corrected chi connectivity index (χ3v) is 5.19. The number of aromatic nitrogens is 1. The summed E-state index contributed by atoms with van der Waals surface area (Å²) in [6.45, 7) is 3.94. The molecule has 1 aliphatic rings. The van der Waals surface area contributed by atoms with E-state index in [0.29, 0.717) is 38.2 Å². The van der Waals surface area contributed by atoms with Gasteiger partial charge in [-0.25, -0.2) is 0 Å². The monoisotopic (exact) mass is 398 g/mol. The number of benzene rings is 1. The van der Waals surface area contributed by atoms with Crippen LogP contribution < -0.4 is 10.9 Å². The molecule has 8 nitrogen and oxygen atoms in total. The average Bonchev–Trinajstić information content (AvgIpc) is 2.72. The van der Waals surface area contributed by atoms with Crippen LogP contribution in [0.3, 0.4) is 0 Å². The van der Waals surface area contributed by atoms with Crippen molar-refractivity contribution in [3.05, 3.63) is 46.2 Å². The lowest BCUT2D eigenvalue weighted by Gasteiger charge is -2.34. The number of amides is 3. The molecule has 2 N–H and O–H groups in total. The summed E-state index contributed by atoms with van der Waals surface area (Å²) < 4.78 is 0. The molecule has 0 saturated carbocycles. The van der Waals surface area contributed by atoms with E-state index in [4.69, 9.17) is 0 Å². The van der Waals surface area contributed by atoms with E-state index in [-0.39, 0.29) is 42.7 Å². The van der Waals surface area contributed by atoms with Gasteiger partial charge in [0.25, 0.3) is 5.56 Å². The number of pyridine rings is 1. The van der Waals surface area contributed by atoms with Crippen molar-refractivity contribution in [2.75, 3.05) is 32.7 Å². The van der Waals surface area contributed by atoms with Crippen LogP contribution in [-0.4, -0.2) is 65.2 Å². The van der Waals surface area contributed by atoms with Gasteiger partial charge in [0.15, 0.2) is 0 Å². The van der Waals surface area contributed by atoms with E-state index in [1.807, 2.05) is 30.3 Å². The van der Waals surface area contributed by atoms with Crippen LogP contribution >= 0.6 is 0 Å². The van der Waals surface area contributed by atoms with Crippen LogP contribution in [0.1, 0.15) is 25.3 Å². The van der Waals surface area contributed by atoms with Gasteiger partial charge in [-0.2, -0.15) is 0 Å². The molecule has 3 rings (SSSR count). The molecular formula is C21H26N4O4. The standard InChI is InChI=1S/C21H26N4O4/c1-15(26)24-10-12-25(13-11-24)20(28)8-9-22-19(27)7-6-17-14-16-4-2-3-5-18(16)23-21(17)29/h2-5,14H,6-13H2,1H3,(H,22,27)(H,23,29). The summed E-state index contributed by atoms with van der Waals surface area (Å²) in [6.07, 6.45) is 0.752. The third-order valence-electron chi connectivity index (χ3n) is 5.19. The van der Waals surface area contributed by atoms with Crippen molar-refractivity contribution in [1.29, 1.82) is 0 Å². The first-order chi connectivity index (χ1) is 13.9. The number of fused-ring (bicyclic) bond motifs is 1. The lowest BCUT2D eigenvalue weighted by atomic mass is 10.1. The van der Waals surface area contributed by atoms with E-state index in [1.165, 1.54) is 6.92 Å². The van der Waals surface area contributed by atoms with Gasteiger partial charge in [0.2, 0.25) is 17.7 Å². The Morgan fingerprint density at radius 1 is 1.03 bits per heavy atom. The van der Waals surface area contributed by atoms with Crippen LogP contribution in [-0.2, 0) is 20.8 Å². The molecule has 1 aromatic carbocycles. The molecule has 0 aliphatic carbocycles. The molecule has 0 unspecified atom stereocenters. The summed E-state index contributed by atoms with van der Waals surface area (Å²) in [5.41, 5.74) is 1.16. The highest BCUT2D eigenvalue weighted by Gasteiger charge is 2.22. The molecule has 0 atom stereocenters. The maximum atomic E-state index is 12.2. The van der Waals surface area contributed by atoms with Gasteiger partial charge in [-0.05, 0) is 23.9 Å². The maximum absolute atomic E-state index is 12.2. The predicted molar refractivity (Wildman–Crippen MR) is 109 cm³/mol. The van der Waals surface area contributed by atoms with E-state index in [0.717, 1.165) is 10.9 Å². The Balaban J connectivity index is 1.40. The van der Waals surface area contributed by atoms with Gasteiger partial charge < -0.3 is 20.1 Å². The van der Waals surface area contributed by atoms with E-state index < -0.39 is 0 Å². The number of aryl methyl sites for hydroxylation is 1. The molecule has 1 fully saturated rings. The van der Waals surface area contributed by atoms with E-state index >= 15 is 0 Å². The van der Waals surface area contributed by atoms with Gasteiger partial charge >= 0.3 is 0 Å². The van der Waals surface area contributed by atoms with Crippen LogP contribution in [0.2, 0.25) is 0 Å². The normalized spacial score (nSPS) is 14.1. The molecular weight excluding hydrogens is 372 g/mol. The molecule has 0 spiro atoms. The van der Waals surface area contributed by atoms with Gasteiger partial charge in [-0.15, -0.1) is 0 Å². The summed E-state index contributed by atoms with van der Waals surface area (Å²) in [5, 5.41) is 3.67. The van der Waals surface area contributed by atoms with Gasteiger partial charge in [0, 0.05) is 63.6 Å². The number of carbonyl (C=O) groups excluding carboxylic acids is 3. The SMILES string of the molecule is CC(=O)N1CCN(C(=O)CCNC(=O)CCc2cc3ccccc3[nH]c2=O)CC1. The van der Waals surface area contributed by atoms with E-state index in [9.17, 15) is 19.2 Å². The highest BCUT2D eigenvalue weighted by molar-refractivity contribution is 5.81. The Morgan fingerprint density at radius 2 is 1.72 bits per heavy atom. The average molecular weight is 398 g/mol. The molecule has 154 valence electrons. The summed E-state index contributed by atoms with van der Waals surface area (Å²) >= 11 is 0. The lowest BCUT2D eigenvalue weighted by Crippen LogP contribution is -2.50. The summed E-state index contributed by atoms with van der Waals surface area (Å²) in [6, 6.07) is 9.32. The second-order valence-corrected chi connectivity index (χ2v) is 7.20. The Labute approximate surface area is 168 Å². The fourth-order valence-corrected chi connectivity index (χ4v) is 3.45. The molecule has 2 aromatic rings. The minimum atomic E-state index is -0.188. The summed E-state index contributed by atoms with van der Waals surface area (Å²) in [5.74, 6) is -0.194. The zero-order valence-corrected chi connectivity index (χ0v) is 16.6. The zero-order valence-electron chi connectivity index (χ0n) is 16.6. The Morgan fingerprint density at radius 3 is 2.45 bits per heavy atom. The molecule has 1 saturated heterocycles. The number of hydrogen-bond acceptors (Lipinski definition) is 4. The van der Waals surface area contributed by atoms with Crippen molar-refractivity contribution in [3.63, 3.8) is 0 Å². The highest BCUT2D eigenvalue weighted by atomic mass is 16.2. The number of rotatable bonds is 6. The fraction of sp³-hybridized carbons (Fsp3) is 0.429. The Bertz CT molecular complexity index is 961. The smallest absolute Gasteiger partial charge is 0.251 e. The van der Waals surface area contributed by atoms with Crippen LogP contribution in [0, 0.1) is 0 Å². The lowest BCUT2D eigenvalue weighted by molar-refractivity contribution is -0.138. The highest BCUT2D eigenvalue weighted by Crippen LogP contribution is 2.11. The van der Waals surface area contributed by atoms with Gasteiger partial charge in [-0.3, -0.25) is 19.2 Å². The first kappa shape index (κ1) is 20.6. The van der Waals surface area contributed by atoms with Crippen molar-refractivity contribution in [2.24, 2.45) is 0 Å². The Kier molecular flexibility index (Phi) is 6.64. The number of carbonyl (C=O) groups is 3. The van der Waals surface area contributed by atoms with Crippen LogP contribution in [0.4, 0.5) is 0 Å². The van der Waals surface area contributed by atoms with E-state index in [1.54, 1.807) is 9.80 Å². The van der Waals surface area contributed by atoms with E-state index in [2.05, 4.69) is 10.3 Å². The van der Waals surface area contributed by atoms with Gasteiger partial charge in [-0.1, -0.05) is 18.2 Å². The van der Waals surface area contributed by atoms with Crippen LogP contribution in [0.5, 0.6) is 0 Å². The third kappa shape index (κ3) is 5.43. The Hall–Kier alpha value is -3.16. The van der Waals surface area contributed by atoms with Gasteiger partial charge in [0.1, 0.15) is 0 Å². The van der Waals surface area contributed by atoms with Crippen LogP contribution in [0.25, 0.3) is 10.9 Å². The topological polar surface area (TPSA) is 103 Å². The molecule has 3 amide bonds. The van der Waals surface area contributed by atoms with Crippen molar-refractivity contribution >= 4 is 28.6 Å². The second kappa shape index (κ2) is 9.36. The molecule has 1 aromatic heterocycles. The second-order valence-electron chi connectivity index (χ2n) is 7.20. The zero-order chi connectivity index (χ0) is 20.8. The molecule has 2 heterocycles. The number of H-pyrrole nitrogens is 1. The maximum Gasteiger partial charge on any atom is 0.251 e. The minimum Gasteiger partial charge on any atom is -0.356 e.